The molecule has 0 saturated heterocycles. The lowest BCUT2D eigenvalue weighted by Gasteiger charge is -2.20. The van der Waals surface area contributed by atoms with Crippen LogP contribution in [0.1, 0.15) is 25.0 Å². The Morgan fingerprint density at radius 3 is 2.07 bits per heavy atom. The van der Waals surface area contributed by atoms with Gasteiger partial charge < -0.3 is 15.4 Å². The van der Waals surface area contributed by atoms with Crippen LogP contribution in [0.2, 0.25) is 0 Å². The van der Waals surface area contributed by atoms with Gasteiger partial charge in [0.25, 0.3) is 0 Å². The Hall–Kier alpha value is -2.86. The number of carbonyl (C=O) groups is 2. The van der Waals surface area contributed by atoms with E-state index in [4.69, 9.17) is 4.74 Å². The van der Waals surface area contributed by atoms with Gasteiger partial charge in [0.15, 0.2) is 0 Å². The molecule has 0 unspecified atom stereocenters. The van der Waals surface area contributed by atoms with Crippen LogP contribution in [-0.2, 0) is 9.59 Å². The summed E-state index contributed by atoms with van der Waals surface area (Å²) >= 11 is 0. The molecule has 0 aliphatic carbocycles. The van der Waals surface area contributed by atoms with Crippen molar-refractivity contribution in [3.05, 3.63) is 53.6 Å². The minimum atomic E-state index is -0.126. The Morgan fingerprint density at radius 1 is 0.964 bits per heavy atom. The zero-order valence-electron chi connectivity index (χ0n) is 17.0. The van der Waals surface area contributed by atoms with E-state index in [2.05, 4.69) is 16.7 Å². The van der Waals surface area contributed by atoms with Gasteiger partial charge in [-0.25, -0.2) is 0 Å². The van der Waals surface area contributed by atoms with Crippen molar-refractivity contribution in [1.82, 2.24) is 4.90 Å². The molecule has 28 heavy (non-hydrogen) atoms. The molecular formula is C22H29N3O3. The summed E-state index contributed by atoms with van der Waals surface area (Å²) in [6.45, 7) is 9.81. The lowest BCUT2D eigenvalue weighted by Crippen LogP contribution is -2.35. The number of nitrogens with zero attached hydrogens (tertiary/aromatic N) is 1. The van der Waals surface area contributed by atoms with Gasteiger partial charge in [0.2, 0.25) is 11.8 Å². The molecule has 2 aromatic rings. The van der Waals surface area contributed by atoms with E-state index in [1.807, 2.05) is 37.8 Å². The van der Waals surface area contributed by atoms with E-state index >= 15 is 0 Å². The summed E-state index contributed by atoms with van der Waals surface area (Å²) in [5.41, 5.74) is 3.74. The molecule has 6 heteroatoms. The first-order valence-electron chi connectivity index (χ1n) is 9.46. The monoisotopic (exact) mass is 383 g/mol. The van der Waals surface area contributed by atoms with Gasteiger partial charge in [0.05, 0.1) is 6.54 Å². The van der Waals surface area contributed by atoms with Gasteiger partial charge in [-0.1, -0.05) is 13.0 Å². The number of aryl methyl sites for hydroxylation is 2. The Morgan fingerprint density at radius 2 is 1.54 bits per heavy atom. The number of carbonyl (C=O) groups excluding carboxylic acids is 2. The van der Waals surface area contributed by atoms with Crippen LogP contribution in [0.15, 0.2) is 42.5 Å². The van der Waals surface area contributed by atoms with E-state index in [0.29, 0.717) is 31.1 Å². The van der Waals surface area contributed by atoms with Crippen LogP contribution in [0.4, 0.5) is 11.4 Å². The maximum absolute atomic E-state index is 12.3. The SMILES string of the molecule is CCN(CCOc1cc(C)cc(C)c1)CC(=O)Nc1ccc(NC(C)=O)cc1. The number of hydrogen-bond donors (Lipinski definition) is 2. The largest absolute Gasteiger partial charge is 0.492 e. The zero-order chi connectivity index (χ0) is 20.5. The van der Waals surface area contributed by atoms with Crippen LogP contribution in [0.5, 0.6) is 5.75 Å². The first-order chi connectivity index (χ1) is 13.4. The second-order valence-corrected chi connectivity index (χ2v) is 6.85. The quantitative estimate of drug-likeness (QED) is 0.694. The number of anilines is 2. The first kappa shape index (κ1) is 21.4. The van der Waals surface area contributed by atoms with Crippen molar-refractivity contribution in [2.45, 2.75) is 27.7 Å². The summed E-state index contributed by atoms with van der Waals surface area (Å²) in [6.07, 6.45) is 0. The number of nitrogens with one attached hydrogen (secondary N) is 2. The van der Waals surface area contributed by atoms with Gasteiger partial charge in [-0.3, -0.25) is 14.5 Å². The Balaban J connectivity index is 1.79. The molecule has 6 nitrogen and oxygen atoms in total. The molecule has 0 aliphatic rings. The third kappa shape index (κ3) is 7.40. The molecule has 0 fully saturated rings. The minimum absolute atomic E-state index is 0.0828. The van der Waals surface area contributed by atoms with Gasteiger partial charge in [-0.2, -0.15) is 0 Å². The lowest BCUT2D eigenvalue weighted by atomic mass is 10.1. The first-order valence-corrected chi connectivity index (χ1v) is 9.46. The number of hydrogen-bond acceptors (Lipinski definition) is 4. The van der Waals surface area contributed by atoms with Crippen molar-refractivity contribution in [3.8, 4) is 5.75 Å². The van der Waals surface area contributed by atoms with Crippen LogP contribution in [0, 0.1) is 13.8 Å². The molecule has 2 rings (SSSR count). The fraction of sp³-hybridized carbons (Fsp3) is 0.364. The molecule has 150 valence electrons. The van der Waals surface area contributed by atoms with E-state index < -0.39 is 0 Å². The Labute approximate surface area is 166 Å². The van der Waals surface area contributed by atoms with Crippen LogP contribution in [-0.4, -0.2) is 43.0 Å². The van der Waals surface area contributed by atoms with Crippen molar-refractivity contribution >= 4 is 23.2 Å². The van der Waals surface area contributed by atoms with Crippen LogP contribution in [0.25, 0.3) is 0 Å². The Kier molecular flexibility index (Phi) is 8.02. The lowest BCUT2D eigenvalue weighted by molar-refractivity contribution is -0.117. The van der Waals surface area contributed by atoms with E-state index in [0.717, 1.165) is 12.3 Å². The van der Waals surface area contributed by atoms with Crippen molar-refractivity contribution in [2.75, 3.05) is 36.9 Å². The summed E-state index contributed by atoms with van der Waals surface area (Å²) in [7, 11) is 0. The number of ether oxygens (including phenoxy) is 1. The van der Waals surface area contributed by atoms with Gasteiger partial charge >= 0.3 is 0 Å². The standard InChI is InChI=1S/C22H29N3O3/c1-5-25(10-11-28-21-13-16(2)12-17(3)14-21)15-22(27)24-20-8-6-19(7-9-20)23-18(4)26/h6-9,12-14H,5,10-11,15H2,1-4H3,(H,23,26)(H,24,27). The van der Waals surface area contributed by atoms with Crippen LogP contribution < -0.4 is 15.4 Å². The predicted molar refractivity (Wildman–Crippen MR) is 113 cm³/mol. The van der Waals surface area contributed by atoms with Crippen molar-refractivity contribution in [3.63, 3.8) is 0 Å². The second kappa shape index (κ2) is 10.5. The van der Waals surface area contributed by atoms with Crippen LogP contribution in [0.3, 0.4) is 0 Å². The number of amides is 2. The highest BCUT2D eigenvalue weighted by atomic mass is 16.5. The summed E-state index contributed by atoms with van der Waals surface area (Å²) in [5, 5.41) is 5.57. The van der Waals surface area contributed by atoms with E-state index in [-0.39, 0.29) is 11.8 Å². The smallest absolute Gasteiger partial charge is 0.238 e. The summed E-state index contributed by atoms with van der Waals surface area (Å²) < 4.78 is 5.84. The normalized spacial score (nSPS) is 10.6. The van der Waals surface area contributed by atoms with Gasteiger partial charge in [-0.05, 0) is 67.9 Å². The summed E-state index contributed by atoms with van der Waals surface area (Å²) in [6, 6.07) is 13.2. The molecule has 0 heterocycles. The molecule has 0 saturated carbocycles. The second-order valence-electron chi connectivity index (χ2n) is 6.85. The molecule has 0 aliphatic heterocycles. The van der Waals surface area contributed by atoms with Crippen molar-refractivity contribution in [2.24, 2.45) is 0 Å². The molecule has 0 atom stereocenters. The van der Waals surface area contributed by atoms with Gasteiger partial charge in [0.1, 0.15) is 12.4 Å². The number of benzene rings is 2. The van der Waals surface area contributed by atoms with Crippen molar-refractivity contribution in [1.29, 1.82) is 0 Å². The summed E-state index contributed by atoms with van der Waals surface area (Å²) in [5.74, 6) is 0.649. The molecule has 2 aromatic carbocycles. The van der Waals surface area contributed by atoms with E-state index in [1.54, 1.807) is 24.3 Å². The van der Waals surface area contributed by atoms with Crippen molar-refractivity contribution < 1.29 is 14.3 Å². The van der Waals surface area contributed by atoms with E-state index in [1.165, 1.54) is 18.1 Å². The molecular weight excluding hydrogens is 354 g/mol. The molecule has 0 aromatic heterocycles. The van der Waals surface area contributed by atoms with Crippen LogP contribution >= 0.6 is 0 Å². The highest BCUT2D eigenvalue weighted by Gasteiger charge is 2.10. The molecule has 2 N–H and O–H groups in total. The number of likely N-dealkylation sites (N-methyl/N-ethyl adjacent to an activating group) is 1. The number of rotatable bonds is 9. The third-order valence-electron chi connectivity index (χ3n) is 4.17. The topological polar surface area (TPSA) is 70.7 Å². The maximum atomic E-state index is 12.3. The molecule has 2 amide bonds. The molecule has 0 bridgehead atoms. The van der Waals surface area contributed by atoms with Gasteiger partial charge in [-0.15, -0.1) is 0 Å². The highest BCUT2D eigenvalue weighted by molar-refractivity contribution is 5.93. The predicted octanol–water partition coefficient (Wildman–Crippen LogP) is 3.60. The Bertz CT molecular complexity index is 783. The maximum Gasteiger partial charge on any atom is 0.238 e. The highest BCUT2D eigenvalue weighted by Crippen LogP contribution is 2.16. The molecule has 0 spiro atoms. The average Bonchev–Trinajstić information content (AvgIpc) is 2.61. The molecule has 0 radical (unpaired) electrons. The summed E-state index contributed by atoms with van der Waals surface area (Å²) in [4.78, 5) is 25.4. The fourth-order valence-corrected chi connectivity index (χ4v) is 2.90. The van der Waals surface area contributed by atoms with Gasteiger partial charge in [0, 0.05) is 24.8 Å². The third-order valence-corrected chi connectivity index (χ3v) is 4.17. The minimum Gasteiger partial charge on any atom is -0.492 e. The fourth-order valence-electron chi connectivity index (χ4n) is 2.90. The average molecular weight is 383 g/mol. The zero-order valence-corrected chi connectivity index (χ0v) is 17.0. The van der Waals surface area contributed by atoms with E-state index in [9.17, 15) is 9.59 Å².